The summed E-state index contributed by atoms with van der Waals surface area (Å²) in [6, 6.07) is 7.90. The Labute approximate surface area is 146 Å². The Morgan fingerprint density at radius 3 is 2.50 bits per heavy atom. The molecule has 1 aromatic rings. The maximum absolute atomic E-state index is 12.4. The molecule has 2 aliphatic rings. The third-order valence-corrected chi connectivity index (χ3v) is 5.70. The zero-order valence-electron chi connectivity index (χ0n) is 14.2. The molecule has 1 aromatic carbocycles. The van der Waals surface area contributed by atoms with Gasteiger partial charge in [-0.2, -0.15) is 11.8 Å². The number of hydrogen-bond acceptors (Lipinski definition) is 3. The molecule has 0 unspecified atom stereocenters. The van der Waals surface area contributed by atoms with Crippen LogP contribution in [0.3, 0.4) is 0 Å². The first-order valence-corrected chi connectivity index (χ1v) is 9.59. The number of piperidine rings is 1. The Morgan fingerprint density at radius 2 is 1.96 bits per heavy atom. The zero-order valence-corrected chi connectivity index (χ0v) is 15.0. The number of amides is 4. The minimum Gasteiger partial charge on any atom is -0.336 e. The van der Waals surface area contributed by atoms with Crippen LogP contribution >= 0.6 is 11.8 Å². The first-order chi connectivity index (χ1) is 11.5. The number of rotatable bonds is 3. The van der Waals surface area contributed by atoms with Crippen molar-refractivity contribution >= 4 is 29.5 Å². The van der Waals surface area contributed by atoms with E-state index >= 15 is 0 Å². The summed E-state index contributed by atoms with van der Waals surface area (Å²) in [5.41, 5.74) is 1.94. The minimum atomic E-state index is -0.132. The van der Waals surface area contributed by atoms with Crippen LogP contribution in [0.5, 0.6) is 0 Å². The van der Waals surface area contributed by atoms with Gasteiger partial charge in [0.15, 0.2) is 0 Å². The van der Waals surface area contributed by atoms with E-state index < -0.39 is 0 Å². The summed E-state index contributed by atoms with van der Waals surface area (Å²) in [6.45, 7) is 2.00. The SMILES string of the molecule is CSCc1ccc(NC(=O)N2CCC3(CC2)CNC(=O)N3C)cc1. The number of anilines is 1. The van der Waals surface area contributed by atoms with Crippen molar-refractivity contribution < 1.29 is 9.59 Å². The van der Waals surface area contributed by atoms with Gasteiger partial charge in [-0.3, -0.25) is 0 Å². The third kappa shape index (κ3) is 3.31. The molecule has 3 rings (SSSR count). The van der Waals surface area contributed by atoms with Crippen molar-refractivity contribution in [2.24, 2.45) is 0 Å². The molecular weight excluding hydrogens is 324 g/mol. The van der Waals surface area contributed by atoms with E-state index in [0.717, 1.165) is 24.3 Å². The fourth-order valence-corrected chi connectivity index (χ4v) is 3.91. The quantitative estimate of drug-likeness (QED) is 0.882. The molecule has 130 valence electrons. The number of carbonyl (C=O) groups is 2. The number of nitrogens with one attached hydrogen (secondary N) is 2. The lowest BCUT2D eigenvalue weighted by Gasteiger charge is -2.42. The third-order valence-electron chi connectivity index (χ3n) is 5.08. The van der Waals surface area contributed by atoms with E-state index in [9.17, 15) is 9.59 Å². The largest absolute Gasteiger partial charge is 0.336 e. The predicted octanol–water partition coefficient (Wildman–Crippen LogP) is 2.57. The second-order valence-corrected chi connectivity index (χ2v) is 7.36. The number of benzene rings is 1. The maximum atomic E-state index is 12.4. The highest BCUT2D eigenvalue weighted by Gasteiger charge is 2.45. The molecule has 2 N–H and O–H groups in total. The highest BCUT2D eigenvalue weighted by atomic mass is 32.2. The van der Waals surface area contributed by atoms with Gasteiger partial charge in [-0.1, -0.05) is 12.1 Å². The highest BCUT2D eigenvalue weighted by Crippen LogP contribution is 2.31. The second kappa shape index (κ2) is 6.93. The molecule has 0 bridgehead atoms. The molecule has 24 heavy (non-hydrogen) atoms. The summed E-state index contributed by atoms with van der Waals surface area (Å²) in [7, 11) is 1.84. The van der Waals surface area contributed by atoms with Gasteiger partial charge in [-0.05, 0) is 36.8 Å². The Balaban J connectivity index is 1.54. The van der Waals surface area contributed by atoms with Crippen LogP contribution < -0.4 is 10.6 Å². The van der Waals surface area contributed by atoms with Crippen molar-refractivity contribution in [2.75, 3.05) is 38.3 Å². The highest BCUT2D eigenvalue weighted by molar-refractivity contribution is 7.97. The number of likely N-dealkylation sites (N-methyl/N-ethyl adjacent to an activating group) is 1. The van der Waals surface area contributed by atoms with Gasteiger partial charge < -0.3 is 20.4 Å². The minimum absolute atomic E-state index is 0.0155. The first kappa shape index (κ1) is 17.0. The number of hydrogen-bond donors (Lipinski definition) is 2. The second-order valence-electron chi connectivity index (χ2n) is 6.49. The molecule has 0 radical (unpaired) electrons. The summed E-state index contributed by atoms with van der Waals surface area (Å²) in [5.74, 6) is 0.975. The van der Waals surface area contributed by atoms with Crippen LogP contribution in [0.4, 0.5) is 15.3 Å². The molecular formula is C17H24N4O2S. The number of thioether (sulfide) groups is 1. The molecule has 1 spiro atoms. The molecule has 7 heteroatoms. The van der Waals surface area contributed by atoms with Crippen LogP contribution in [0, 0.1) is 0 Å². The van der Waals surface area contributed by atoms with Crippen LogP contribution in [0.1, 0.15) is 18.4 Å². The van der Waals surface area contributed by atoms with Crippen molar-refractivity contribution in [3.8, 4) is 0 Å². The van der Waals surface area contributed by atoms with Gasteiger partial charge in [0, 0.05) is 38.1 Å². The predicted molar refractivity (Wildman–Crippen MR) is 97.4 cm³/mol. The molecule has 2 fully saturated rings. The van der Waals surface area contributed by atoms with Gasteiger partial charge in [-0.25, -0.2) is 9.59 Å². The van der Waals surface area contributed by atoms with E-state index in [4.69, 9.17) is 0 Å². The number of likely N-dealkylation sites (tertiary alicyclic amines) is 1. The Bertz CT molecular complexity index is 612. The van der Waals surface area contributed by atoms with Crippen LogP contribution in [0.25, 0.3) is 0 Å². The summed E-state index contributed by atoms with van der Waals surface area (Å²) >= 11 is 1.78. The van der Waals surface area contributed by atoms with Gasteiger partial charge in [0.05, 0.1) is 5.54 Å². The van der Waals surface area contributed by atoms with Crippen LogP contribution in [-0.2, 0) is 5.75 Å². The van der Waals surface area contributed by atoms with Gasteiger partial charge in [0.1, 0.15) is 0 Å². The van der Waals surface area contributed by atoms with Crippen molar-refractivity contribution in [3.63, 3.8) is 0 Å². The first-order valence-electron chi connectivity index (χ1n) is 8.19. The molecule has 0 aliphatic carbocycles. The molecule has 0 aromatic heterocycles. The van der Waals surface area contributed by atoms with Gasteiger partial charge in [0.2, 0.25) is 0 Å². The number of nitrogens with zero attached hydrogens (tertiary/aromatic N) is 2. The Hall–Kier alpha value is -1.89. The van der Waals surface area contributed by atoms with Crippen molar-refractivity contribution in [3.05, 3.63) is 29.8 Å². The lowest BCUT2D eigenvalue weighted by atomic mass is 9.87. The summed E-state index contributed by atoms with van der Waals surface area (Å²) < 4.78 is 0. The monoisotopic (exact) mass is 348 g/mol. The van der Waals surface area contributed by atoms with Gasteiger partial charge >= 0.3 is 12.1 Å². The van der Waals surface area contributed by atoms with E-state index in [1.54, 1.807) is 16.7 Å². The summed E-state index contributed by atoms with van der Waals surface area (Å²) in [6.07, 6.45) is 3.69. The van der Waals surface area contributed by atoms with E-state index in [-0.39, 0.29) is 17.6 Å². The molecule has 0 atom stereocenters. The smallest absolute Gasteiger partial charge is 0.321 e. The van der Waals surface area contributed by atoms with Gasteiger partial charge in [0.25, 0.3) is 0 Å². The average Bonchev–Trinajstić information content (AvgIpc) is 2.86. The molecule has 2 heterocycles. The van der Waals surface area contributed by atoms with Crippen molar-refractivity contribution in [1.82, 2.24) is 15.1 Å². The van der Waals surface area contributed by atoms with Crippen molar-refractivity contribution in [1.29, 1.82) is 0 Å². The fraction of sp³-hybridized carbons (Fsp3) is 0.529. The van der Waals surface area contributed by atoms with E-state index in [1.165, 1.54) is 5.56 Å². The van der Waals surface area contributed by atoms with E-state index in [0.29, 0.717) is 19.6 Å². The molecule has 4 amide bonds. The number of urea groups is 2. The lowest BCUT2D eigenvalue weighted by molar-refractivity contribution is 0.106. The fourth-order valence-electron chi connectivity index (χ4n) is 3.38. The Kier molecular flexibility index (Phi) is 4.89. The number of carbonyl (C=O) groups excluding carboxylic acids is 2. The summed E-state index contributed by atoms with van der Waals surface area (Å²) in [4.78, 5) is 27.8. The Morgan fingerprint density at radius 1 is 1.29 bits per heavy atom. The normalized spacial score (nSPS) is 19.5. The zero-order chi connectivity index (χ0) is 17.2. The van der Waals surface area contributed by atoms with Crippen LogP contribution in [0.2, 0.25) is 0 Å². The molecule has 2 aliphatic heterocycles. The topological polar surface area (TPSA) is 64.7 Å². The van der Waals surface area contributed by atoms with Crippen LogP contribution in [0.15, 0.2) is 24.3 Å². The summed E-state index contributed by atoms with van der Waals surface area (Å²) in [5, 5.41) is 5.86. The molecule has 6 nitrogen and oxygen atoms in total. The van der Waals surface area contributed by atoms with E-state index in [2.05, 4.69) is 16.9 Å². The van der Waals surface area contributed by atoms with Crippen LogP contribution in [-0.4, -0.2) is 60.3 Å². The standard InChI is InChI=1S/C17H24N4O2S/c1-20-15(22)18-12-17(20)7-9-21(10-8-17)16(23)19-14-5-3-13(4-6-14)11-24-2/h3-6H,7-12H2,1-2H3,(H,18,22)(H,19,23). The lowest BCUT2D eigenvalue weighted by Crippen LogP contribution is -2.54. The molecule has 2 saturated heterocycles. The van der Waals surface area contributed by atoms with Gasteiger partial charge in [-0.15, -0.1) is 0 Å². The maximum Gasteiger partial charge on any atom is 0.321 e. The average molecular weight is 348 g/mol. The van der Waals surface area contributed by atoms with E-state index in [1.807, 2.05) is 36.2 Å². The van der Waals surface area contributed by atoms with Crippen molar-refractivity contribution in [2.45, 2.75) is 24.1 Å². The molecule has 0 saturated carbocycles.